The Kier molecular flexibility index (Phi) is 5.23. The van der Waals surface area contributed by atoms with Gasteiger partial charge in [-0.3, -0.25) is 9.48 Å². The van der Waals surface area contributed by atoms with Gasteiger partial charge in [0.05, 0.1) is 10.7 Å². The van der Waals surface area contributed by atoms with E-state index in [1.165, 1.54) is 19.3 Å². The van der Waals surface area contributed by atoms with Crippen LogP contribution in [0.1, 0.15) is 38.5 Å². The molecule has 0 unspecified atom stereocenters. The minimum absolute atomic E-state index is 0.247. The molecule has 1 aliphatic rings. The highest BCUT2D eigenvalue weighted by Gasteiger charge is 2.20. The molecule has 1 aromatic rings. The van der Waals surface area contributed by atoms with Gasteiger partial charge < -0.3 is 5.32 Å². The van der Waals surface area contributed by atoms with Gasteiger partial charge >= 0.3 is 0 Å². The molecule has 0 saturated heterocycles. The summed E-state index contributed by atoms with van der Waals surface area (Å²) in [6, 6.07) is 0. The summed E-state index contributed by atoms with van der Waals surface area (Å²) in [4.78, 5) is 11.9. The molecule has 0 aliphatic heterocycles. The van der Waals surface area contributed by atoms with Crippen molar-refractivity contribution in [3.8, 4) is 0 Å². The van der Waals surface area contributed by atoms with Crippen molar-refractivity contribution in [1.29, 1.82) is 0 Å². The third kappa shape index (κ3) is 4.12. The highest BCUT2D eigenvalue weighted by molar-refractivity contribution is 9.10. The van der Waals surface area contributed by atoms with Crippen molar-refractivity contribution >= 4 is 21.8 Å². The zero-order chi connectivity index (χ0) is 12.8. The third-order valence-electron chi connectivity index (χ3n) is 3.44. The van der Waals surface area contributed by atoms with E-state index in [1.807, 2.05) is 10.9 Å². The molecule has 0 aromatic carbocycles. The molecule has 0 bridgehead atoms. The van der Waals surface area contributed by atoms with Crippen LogP contribution in [0, 0.1) is 5.92 Å². The monoisotopic (exact) mass is 313 g/mol. The normalized spacial score (nSPS) is 16.7. The number of aryl methyl sites for hydroxylation is 1. The molecule has 1 aliphatic carbocycles. The molecule has 0 radical (unpaired) electrons. The van der Waals surface area contributed by atoms with Gasteiger partial charge in [0, 0.05) is 25.2 Å². The van der Waals surface area contributed by atoms with Crippen LogP contribution in [0.2, 0.25) is 0 Å². The Hall–Kier alpha value is -0.840. The fraction of sp³-hybridized carbons (Fsp3) is 0.692. The fourth-order valence-electron chi connectivity index (χ4n) is 2.42. The first-order valence-corrected chi connectivity index (χ1v) is 7.50. The predicted octanol–water partition coefficient (Wildman–Crippen LogP) is 2.73. The van der Waals surface area contributed by atoms with Gasteiger partial charge in [-0.1, -0.05) is 19.3 Å². The van der Waals surface area contributed by atoms with E-state index in [9.17, 15) is 4.79 Å². The van der Waals surface area contributed by atoms with E-state index in [0.29, 0.717) is 0 Å². The summed E-state index contributed by atoms with van der Waals surface area (Å²) < 4.78 is 2.88. The van der Waals surface area contributed by atoms with Gasteiger partial charge in [-0.25, -0.2) is 0 Å². The quantitative estimate of drug-likeness (QED) is 0.850. The van der Waals surface area contributed by atoms with Crippen LogP contribution in [0.15, 0.2) is 16.9 Å². The molecule has 0 atom stereocenters. The Morgan fingerprint density at radius 3 is 2.89 bits per heavy atom. The van der Waals surface area contributed by atoms with Crippen LogP contribution in [0.5, 0.6) is 0 Å². The second-order valence-corrected chi connectivity index (χ2v) is 5.82. The van der Waals surface area contributed by atoms with E-state index < -0.39 is 0 Å². The smallest absolute Gasteiger partial charge is 0.223 e. The molecule has 4 nitrogen and oxygen atoms in total. The maximum Gasteiger partial charge on any atom is 0.223 e. The number of hydrogen-bond acceptors (Lipinski definition) is 2. The Balaban J connectivity index is 1.61. The summed E-state index contributed by atoms with van der Waals surface area (Å²) in [5.41, 5.74) is 0. The molecule has 1 amide bonds. The van der Waals surface area contributed by atoms with E-state index in [0.717, 1.165) is 36.8 Å². The summed E-state index contributed by atoms with van der Waals surface area (Å²) in [6.07, 6.45) is 10.5. The van der Waals surface area contributed by atoms with Gasteiger partial charge in [0.2, 0.25) is 5.91 Å². The number of rotatable bonds is 5. The van der Waals surface area contributed by atoms with Crippen molar-refractivity contribution in [2.45, 2.75) is 45.1 Å². The predicted molar refractivity (Wildman–Crippen MR) is 74.1 cm³/mol. The third-order valence-corrected chi connectivity index (χ3v) is 3.85. The van der Waals surface area contributed by atoms with Gasteiger partial charge in [-0.2, -0.15) is 5.10 Å². The zero-order valence-corrected chi connectivity index (χ0v) is 12.2. The Morgan fingerprint density at radius 1 is 1.44 bits per heavy atom. The largest absolute Gasteiger partial charge is 0.356 e. The molecule has 1 N–H and O–H groups in total. The summed E-state index contributed by atoms with van der Waals surface area (Å²) in [6.45, 7) is 1.59. The van der Waals surface area contributed by atoms with Crippen LogP contribution in [0.25, 0.3) is 0 Å². The lowest BCUT2D eigenvalue weighted by molar-refractivity contribution is -0.125. The first kappa shape index (κ1) is 13.6. The first-order valence-electron chi connectivity index (χ1n) is 6.71. The number of carbonyl (C=O) groups is 1. The number of amides is 1. The van der Waals surface area contributed by atoms with E-state index in [4.69, 9.17) is 0 Å². The Labute approximate surface area is 116 Å². The van der Waals surface area contributed by atoms with Crippen molar-refractivity contribution in [3.05, 3.63) is 16.9 Å². The van der Waals surface area contributed by atoms with E-state index in [2.05, 4.69) is 26.3 Å². The number of carbonyl (C=O) groups excluding carboxylic acids is 1. The molecule has 1 heterocycles. The molecular weight excluding hydrogens is 294 g/mol. The van der Waals surface area contributed by atoms with Crippen LogP contribution >= 0.6 is 15.9 Å². The summed E-state index contributed by atoms with van der Waals surface area (Å²) in [5.74, 6) is 0.508. The topological polar surface area (TPSA) is 46.9 Å². The summed E-state index contributed by atoms with van der Waals surface area (Å²) in [7, 11) is 0. The summed E-state index contributed by atoms with van der Waals surface area (Å²) >= 11 is 3.36. The molecule has 5 heteroatoms. The van der Waals surface area contributed by atoms with Gasteiger partial charge in [0.1, 0.15) is 0 Å². The minimum Gasteiger partial charge on any atom is -0.356 e. The molecule has 1 saturated carbocycles. The van der Waals surface area contributed by atoms with Gasteiger partial charge in [-0.05, 0) is 35.2 Å². The SMILES string of the molecule is O=C(NCCCn1cc(Br)cn1)C1CCCCC1. The maximum absolute atomic E-state index is 11.9. The number of nitrogens with zero attached hydrogens (tertiary/aromatic N) is 2. The number of halogens is 1. The van der Waals surface area contributed by atoms with Gasteiger partial charge in [0.25, 0.3) is 0 Å². The Morgan fingerprint density at radius 2 is 2.22 bits per heavy atom. The van der Waals surface area contributed by atoms with Gasteiger partial charge in [-0.15, -0.1) is 0 Å². The highest BCUT2D eigenvalue weighted by atomic mass is 79.9. The van der Waals surface area contributed by atoms with Crippen molar-refractivity contribution < 1.29 is 4.79 Å². The highest BCUT2D eigenvalue weighted by Crippen LogP contribution is 2.23. The van der Waals surface area contributed by atoms with Crippen molar-refractivity contribution in [2.75, 3.05) is 6.54 Å². The average molecular weight is 314 g/mol. The van der Waals surface area contributed by atoms with Gasteiger partial charge in [0.15, 0.2) is 0 Å². The fourth-order valence-corrected chi connectivity index (χ4v) is 2.75. The van der Waals surface area contributed by atoms with Crippen LogP contribution in [0.4, 0.5) is 0 Å². The average Bonchev–Trinajstić information content (AvgIpc) is 2.81. The molecule has 18 heavy (non-hydrogen) atoms. The molecular formula is C13H20BrN3O. The number of hydrogen-bond donors (Lipinski definition) is 1. The summed E-state index contributed by atoms with van der Waals surface area (Å²) in [5, 5.41) is 7.22. The van der Waals surface area contributed by atoms with E-state index in [1.54, 1.807) is 6.20 Å². The molecule has 100 valence electrons. The maximum atomic E-state index is 11.9. The number of aromatic nitrogens is 2. The van der Waals surface area contributed by atoms with Crippen LogP contribution in [-0.4, -0.2) is 22.2 Å². The second kappa shape index (κ2) is 6.92. The minimum atomic E-state index is 0.247. The van der Waals surface area contributed by atoms with Crippen molar-refractivity contribution in [2.24, 2.45) is 5.92 Å². The molecule has 1 aromatic heterocycles. The lowest BCUT2D eigenvalue weighted by atomic mass is 9.89. The number of nitrogens with one attached hydrogen (secondary N) is 1. The Bertz CT molecular complexity index is 385. The molecule has 0 spiro atoms. The van der Waals surface area contributed by atoms with Crippen LogP contribution < -0.4 is 5.32 Å². The standard InChI is InChI=1S/C13H20BrN3O/c14-12-9-16-17(10-12)8-4-7-15-13(18)11-5-2-1-3-6-11/h9-11H,1-8H2,(H,15,18). The van der Waals surface area contributed by atoms with E-state index >= 15 is 0 Å². The van der Waals surface area contributed by atoms with Crippen molar-refractivity contribution in [1.82, 2.24) is 15.1 Å². The van der Waals surface area contributed by atoms with Crippen LogP contribution in [-0.2, 0) is 11.3 Å². The van der Waals surface area contributed by atoms with E-state index in [-0.39, 0.29) is 11.8 Å². The second-order valence-electron chi connectivity index (χ2n) is 4.90. The van der Waals surface area contributed by atoms with Crippen molar-refractivity contribution in [3.63, 3.8) is 0 Å². The zero-order valence-electron chi connectivity index (χ0n) is 10.6. The van der Waals surface area contributed by atoms with Crippen LogP contribution in [0.3, 0.4) is 0 Å². The molecule has 2 rings (SSSR count). The lowest BCUT2D eigenvalue weighted by Gasteiger charge is -2.20. The molecule has 1 fully saturated rings. The first-order chi connectivity index (χ1) is 8.75. The lowest BCUT2D eigenvalue weighted by Crippen LogP contribution is -2.32.